The SMILES string of the molecule is CCC(CC)C(=O)CCC1CCCC(=O)C1. The van der Waals surface area contributed by atoms with Crippen molar-refractivity contribution in [1.29, 1.82) is 0 Å². The standard InChI is InChI=1S/C14H24O2/c1-3-12(4-2)14(16)9-8-11-6-5-7-13(15)10-11/h11-12H,3-10H2,1-2H3. The lowest BCUT2D eigenvalue weighted by molar-refractivity contribution is -0.125. The highest BCUT2D eigenvalue weighted by Gasteiger charge is 2.21. The van der Waals surface area contributed by atoms with Gasteiger partial charge in [-0.15, -0.1) is 0 Å². The van der Waals surface area contributed by atoms with E-state index in [1.54, 1.807) is 0 Å². The first kappa shape index (κ1) is 13.4. The van der Waals surface area contributed by atoms with Gasteiger partial charge in [0.25, 0.3) is 0 Å². The fraction of sp³-hybridized carbons (Fsp3) is 0.857. The van der Waals surface area contributed by atoms with E-state index in [1.165, 1.54) is 0 Å². The topological polar surface area (TPSA) is 34.1 Å². The van der Waals surface area contributed by atoms with Crippen molar-refractivity contribution in [3.63, 3.8) is 0 Å². The molecule has 0 radical (unpaired) electrons. The molecule has 0 aromatic carbocycles. The molecule has 1 rings (SSSR count). The Morgan fingerprint density at radius 1 is 1.38 bits per heavy atom. The van der Waals surface area contributed by atoms with Gasteiger partial charge in [0.15, 0.2) is 0 Å². The van der Waals surface area contributed by atoms with Gasteiger partial charge in [-0.05, 0) is 38.0 Å². The summed E-state index contributed by atoms with van der Waals surface area (Å²) in [5, 5.41) is 0. The maximum Gasteiger partial charge on any atom is 0.135 e. The van der Waals surface area contributed by atoms with E-state index in [2.05, 4.69) is 13.8 Å². The molecule has 1 fully saturated rings. The van der Waals surface area contributed by atoms with Crippen LogP contribution in [0.2, 0.25) is 0 Å². The van der Waals surface area contributed by atoms with Crippen LogP contribution in [0.4, 0.5) is 0 Å². The molecule has 0 saturated heterocycles. The largest absolute Gasteiger partial charge is 0.300 e. The van der Waals surface area contributed by atoms with E-state index in [9.17, 15) is 9.59 Å². The Balaban J connectivity index is 2.27. The summed E-state index contributed by atoms with van der Waals surface area (Å²) < 4.78 is 0. The van der Waals surface area contributed by atoms with Crippen molar-refractivity contribution in [2.75, 3.05) is 0 Å². The summed E-state index contributed by atoms with van der Waals surface area (Å²) in [7, 11) is 0. The Kier molecular flexibility index (Phi) is 5.72. The minimum Gasteiger partial charge on any atom is -0.300 e. The van der Waals surface area contributed by atoms with E-state index in [4.69, 9.17) is 0 Å². The lowest BCUT2D eigenvalue weighted by Crippen LogP contribution is -2.18. The molecule has 1 atom stereocenters. The lowest BCUT2D eigenvalue weighted by Gasteiger charge is -2.21. The summed E-state index contributed by atoms with van der Waals surface area (Å²) in [5.41, 5.74) is 0. The average Bonchev–Trinajstić information content (AvgIpc) is 2.28. The van der Waals surface area contributed by atoms with Crippen LogP contribution < -0.4 is 0 Å². The molecule has 16 heavy (non-hydrogen) atoms. The molecular formula is C14H24O2. The molecule has 2 heteroatoms. The summed E-state index contributed by atoms with van der Waals surface area (Å²) >= 11 is 0. The normalized spacial score (nSPS) is 21.4. The molecule has 0 aliphatic heterocycles. The smallest absolute Gasteiger partial charge is 0.135 e. The maximum absolute atomic E-state index is 11.8. The van der Waals surface area contributed by atoms with Crippen LogP contribution in [0, 0.1) is 11.8 Å². The Bertz CT molecular complexity index is 241. The zero-order valence-corrected chi connectivity index (χ0v) is 10.6. The van der Waals surface area contributed by atoms with Crippen LogP contribution in [0.3, 0.4) is 0 Å². The van der Waals surface area contributed by atoms with Crippen molar-refractivity contribution < 1.29 is 9.59 Å². The van der Waals surface area contributed by atoms with Crippen molar-refractivity contribution >= 4 is 11.6 Å². The minimum atomic E-state index is 0.249. The third kappa shape index (κ3) is 4.07. The Hall–Kier alpha value is -0.660. The Labute approximate surface area is 98.8 Å². The van der Waals surface area contributed by atoms with Crippen LogP contribution in [0.25, 0.3) is 0 Å². The highest BCUT2D eigenvalue weighted by atomic mass is 16.1. The molecule has 92 valence electrons. The number of hydrogen-bond donors (Lipinski definition) is 0. The highest BCUT2D eigenvalue weighted by molar-refractivity contribution is 5.81. The Morgan fingerprint density at radius 2 is 2.06 bits per heavy atom. The molecule has 1 aliphatic rings. The first-order chi connectivity index (χ1) is 7.67. The van der Waals surface area contributed by atoms with Crippen molar-refractivity contribution in [1.82, 2.24) is 0 Å². The van der Waals surface area contributed by atoms with Crippen LogP contribution in [0.1, 0.15) is 65.2 Å². The second-order valence-electron chi connectivity index (χ2n) is 5.02. The van der Waals surface area contributed by atoms with Crippen molar-refractivity contribution in [3.8, 4) is 0 Å². The molecule has 2 nitrogen and oxygen atoms in total. The summed E-state index contributed by atoms with van der Waals surface area (Å²) in [6.07, 6.45) is 7.18. The third-order valence-electron chi connectivity index (χ3n) is 3.82. The van der Waals surface area contributed by atoms with Crippen LogP contribution >= 0.6 is 0 Å². The van der Waals surface area contributed by atoms with Gasteiger partial charge in [-0.2, -0.15) is 0 Å². The molecule has 0 amide bonds. The highest BCUT2D eigenvalue weighted by Crippen LogP contribution is 2.26. The predicted octanol–water partition coefficient (Wildman–Crippen LogP) is 3.53. The second-order valence-corrected chi connectivity index (χ2v) is 5.02. The van der Waals surface area contributed by atoms with E-state index in [1.807, 2.05) is 0 Å². The van der Waals surface area contributed by atoms with Crippen molar-refractivity contribution in [3.05, 3.63) is 0 Å². The average molecular weight is 224 g/mol. The molecule has 0 aromatic heterocycles. The Morgan fingerprint density at radius 3 is 2.62 bits per heavy atom. The summed E-state index contributed by atoms with van der Waals surface area (Å²) in [5.74, 6) is 1.54. The van der Waals surface area contributed by atoms with Gasteiger partial charge in [0.05, 0.1) is 0 Å². The molecule has 0 N–H and O–H groups in total. The summed E-state index contributed by atoms with van der Waals surface area (Å²) in [4.78, 5) is 23.1. The molecule has 0 aromatic rings. The quantitative estimate of drug-likeness (QED) is 0.691. The van der Waals surface area contributed by atoms with E-state index < -0.39 is 0 Å². The van der Waals surface area contributed by atoms with Gasteiger partial charge in [0, 0.05) is 25.2 Å². The molecule has 0 bridgehead atoms. The van der Waals surface area contributed by atoms with Crippen LogP contribution in [0.5, 0.6) is 0 Å². The van der Waals surface area contributed by atoms with Crippen molar-refractivity contribution in [2.45, 2.75) is 65.2 Å². The van der Waals surface area contributed by atoms with E-state index in [-0.39, 0.29) is 5.92 Å². The van der Waals surface area contributed by atoms with Crippen LogP contribution in [0.15, 0.2) is 0 Å². The molecule has 1 unspecified atom stereocenters. The first-order valence-corrected chi connectivity index (χ1v) is 6.71. The maximum atomic E-state index is 11.8. The zero-order valence-electron chi connectivity index (χ0n) is 10.6. The number of ketones is 2. The molecule has 1 saturated carbocycles. The third-order valence-corrected chi connectivity index (χ3v) is 3.82. The van der Waals surface area contributed by atoms with E-state index in [0.717, 1.165) is 44.9 Å². The van der Waals surface area contributed by atoms with Gasteiger partial charge in [-0.25, -0.2) is 0 Å². The number of carbonyl (C=O) groups is 2. The van der Waals surface area contributed by atoms with Gasteiger partial charge in [-0.1, -0.05) is 13.8 Å². The molecule has 1 aliphatic carbocycles. The summed E-state index contributed by atoms with van der Waals surface area (Å²) in [6, 6.07) is 0. The minimum absolute atomic E-state index is 0.249. The molecular weight excluding hydrogens is 200 g/mol. The fourth-order valence-electron chi connectivity index (χ4n) is 2.65. The van der Waals surface area contributed by atoms with Gasteiger partial charge in [0.1, 0.15) is 11.6 Å². The lowest BCUT2D eigenvalue weighted by atomic mass is 9.83. The monoisotopic (exact) mass is 224 g/mol. The number of Topliss-reactive ketones (excluding diaryl/α,β-unsaturated/α-hetero) is 2. The molecule has 0 spiro atoms. The first-order valence-electron chi connectivity index (χ1n) is 6.71. The van der Waals surface area contributed by atoms with Crippen molar-refractivity contribution in [2.24, 2.45) is 11.8 Å². The fourth-order valence-corrected chi connectivity index (χ4v) is 2.65. The van der Waals surface area contributed by atoms with Gasteiger partial charge < -0.3 is 0 Å². The van der Waals surface area contributed by atoms with Gasteiger partial charge in [0.2, 0.25) is 0 Å². The van der Waals surface area contributed by atoms with Gasteiger partial charge >= 0.3 is 0 Å². The van der Waals surface area contributed by atoms with Crippen LogP contribution in [-0.2, 0) is 9.59 Å². The number of carbonyl (C=O) groups excluding carboxylic acids is 2. The van der Waals surface area contributed by atoms with Crippen LogP contribution in [-0.4, -0.2) is 11.6 Å². The second kappa shape index (κ2) is 6.82. The van der Waals surface area contributed by atoms with Gasteiger partial charge in [-0.3, -0.25) is 9.59 Å². The number of rotatable bonds is 6. The summed E-state index contributed by atoms with van der Waals surface area (Å²) in [6.45, 7) is 4.16. The number of hydrogen-bond acceptors (Lipinski definition) is 2. The van der Waals surface area contributed by atoms with E-state index >= 15 is 0 Å². The molecule has 0 heterocycles. The zero-order chi connectivity index (χ0) is 12.0. The predicted molar refractivity (Wildman–Crippen MR) is 65.3 cm³/mol. The van der Waals surface area contributed by atoms with E-state index in [0.29, 0.717) is 23.9 Å².